The SMILES string of the molecule is O=P(O)(O)O.[CH2-]C.[CH2-]CCCCC.[Ni+2]. The minimum Gasteiger partial charge on any atom is -0.346 e. The fourth-order valence-electron chi connectivity index (χ4n) is 0.427. The van der Waals surface area contributed by atoms with Gasteiger partial charge < -0.3 is 28.5 Å². The Kier molecular flexibility index (Phi) is 33.0. The Labute approximate surface area is 97.3 Å². The van der Waals surface area contributed by atoms with Crippen molar-refractivity contribution in [3.05, 3.63) is 13.8 Å². The van der Waals surface area contributed by atoms with Crippen LogP contribution < -0.4 is 0 Å². The third-order valence-corrected chi connectivity index (χ3v) is 0.854. The van der Waals surface area contributed by atoms with Gasteiger partial charge in [-0.1, -0.05) is 26.2 Å². The van der Waals surface area contributed by atoms with E-state index in [0.29, 0.717) is 0 Å². The summed E-state index contributed by atoms with van der Waals surface area (Å²) in [6.45, 7) is 10.9. The van der Waals surface area contributed by atoms with E-state index in [0.717, 1.165) is 6.42 Å². The van der Waals surface area contributed by atoms with Crippen LogP contribution in [-0.2, 0) is 21.1 Å². The molecular formula is C8H21NiO4P. The van der Waals surface area contributed by atoms with E-state index < -0.39 is 7.82 Å². The second-order valence-corrected chi connectivity index (χ2v) is 3.10. The summed E-state index contributed by atoms with van der Waals surface area (Å²) >= 11 is 0. The standard InChI is InChI=1S/C6H13.C2H5.Ni.H3O4P/c1-3-5-6-4-2;1-2;;1-5(2,3)4/h1,3-6H2,2H3;1H2,2H3;;(H3,1,2,3,4)/q2*-1;+2;. The van der Waals surface area contributed by atoms with Gasteiger partial charge in [-0.25, -0.2) is 4.57 Å². The van der Waals surface area contributed by atoms with Gasteiger partial charge in [-0.15, -0.1) is 0 Å². The van der Waals surface area contributed by atoms with Crippen molar-refractivity contribution in [3.63, 3.8) is 0 Å². The predicted molar refractivity (Wildman–Crippen MR) is 54.8 cm³/mol. The van der Waals surface area contributed by atoms with Crippen molar-refractivity contribution >= 4 is 7.82 Å². The molecule has 0 saturated carbocycles. The number of phosphoric acid groups is 1. The van der Waals surface area contributed by atoms with Gasteiger partial charge in [0, 0.05) is 0 Å². The molecule has 0 radical (unpaired) electrons. The first kappa shape index (κ1) is 24.0. The van der Waals surface area contributed by atoms with Crippen LogP contribution in [0.2, 0.25) is 0 Å². The Morgan fingerprint density at radius 3 is 1.50 bits per heavy atom. The molecule has 0 aliphatic rings. The van der Waals surface area contributed by atoms with Crippen LogP contribution in [0.4, 0.5) is 0 Å². The van der Waals surface area contributed by atoms with Crippen LogP contribution in [0.5, 0.6) is 0 Å². The van der Waals surface area contributed by atoms with Gasteiger partial charge in [0.1, 0.15) is 0 Å². The topological polar surface area (TPSA) is 77.8 Å². The summed E-state index contributed by atoms with van der Waals surface area (Å²) in [5.74, 6) is 0. The molecule has 0 saturated heterocycles. The van der Waals surface area contributed by atoms with E-state index >= 15 is 0 Å². The first-order chi connectivity index (χ1) is 5.91. The molecule has 92 valence electrons. The summed E-state index contributed by atoms with van der Waals surface area (Å²) in [4.78, 5) is 21.6. The Bertz CT molecular complexity index is 104. The molecule has 0 spiro atoms. The Balaban J connectivity index is -0.0000000576. The van der Waals surface area contributed by atoms with Crippen molar-refractivity contribution in [3.8, 4) is 0 Å². The normalized spacial score (nSPS) is 8.50. The van der Waals surface area contributed by atoms with Crippen molar-refractivity contribution in [1.29, 1.82) is 0 Å². The van der Waals surface area contributed by atoms with E-state index in [-0.39, 0.29) is 16.5 Å². The molecule has 0 bridgehead atoms. The minimum atomic E-state index is -4.64. The molecule has 0 aromatic carbocycles. The average molecular weight is 271 g/mol. The fraction of sp³-hybridized carbons (Fsp3) is 0.750. The fourth-order valence-corrected chi connectivity index (χ4v) is 0.427. The smallest absolute Gasteiger partial charge is 0.346 e. The van der Waals surface area contributed by atoms with Crippen molar-refractivity contribution in [2.24, 2.45) is 0 Å². The van der Waals surface area contributed by atoms with Crippen LogP contribution in [0.25, 0.3) is 0 Å². The van der Waals surface area contributed by atoms with Crippen LogP contribution in [0, 0.1) is 13.8 Å². The summed E-state index contributed by atoms with van der Waals surface area (Å²) < 4.78 is 8.88. The van der Waals surface area contributed by atoms with Crippen LogP contribution in [0.3, 0.4) is 0 Å². The number of hydrogen-bond donors (Lipinski definition) is 3. The van der Waals surface area contributed by atoms with E-state index in [2.05, 4.69) is 20.8 Å². The van der Waals surface area contributed by atoms with E-state index in [9.17, 15) is 0 Å². The largest absolute Gasteiger partial charge is 2.00 e. The second kappa shape index (κ2) is 19.2. The zero-order chi connectivity index (χ0) is 11.3. The van der Waals surface area contributed by atoms with Gasteiger partial charge in [-0.3, -0.25) is 0 Å². The minimum absolute atomic E-state index is 0. The third-order valence-electron chi connectivity index (χ3n) is 0.854. The molecule has 14 heavy (non-hydrogen) atoms. The van der Waals surface area contributed by atoms with Crippen molar-refractivity contribution in [2.45, 2.75) is 39.5 Å². The number of unbranched alkanes of at least 4 members (excludes halogenated alkanes) is 3. The maximum absolute atomic E-state index is 8.88. The molecule has 0 heterocycles. The molecule has 0 fully saturated rings. The molecule has 0 aliphatic carbocycles. The molecule has 6 heteroatoms. The van der Waals surface area contributed by atoms with E-state index in [4.69, 9.17) is 19.2 Å². The Morgan fingerprint density at radius 1 is 1.14 bits per heavy atom. The molecule has 0 aromatic rings. The van der Waals surface area contributed by atoms with Gasteiger partial charge in [0.2, 0.25) is 0 Å². The van der Waals surface area contributed by atoms with E-state index in [1.165, 1.54) is 19.3 Å². The van der Waals surface area contributed by atoms with Crippen molar-refractivity contribution in [2.75, 3.05) is 0 Å². The first-order valence-electron chi connectivity index (χ1n) is 4.20. The average Bonchev–Trinajstić information content (AvgIpc) is 2.02. The van der Waals surface area contributed by atoms with Crippen molar-refractivity contribution < 1.29 is 35.7 Å². The summed E-state index contributed by atoms with van der Waals surface area (Å²) in [5.41, 5.74) is 0. The molecule has 0 aromatic heterocycles. The quantitative estimate of drug-likeness (QED) is 0.318. The maximum Gasteiger partial charge on any atom is 2.00 e. The van der Waals surface area contributed by atoms with Gasteiger partial charge in [-0.2, -0.15) is 13.3 Å². The van der Waals surface area contributed by atoms with Gasteiger partial charge in [0.05, 0.1) is 0 Å². The molecule has 4 nitrogen and oxygen atoms in total. The van der Waals surface area contributed by atoms with Crippen molar-refractivity contribution in [1.82, 2.24) is 0 Å². The summed E-state index contributed by atoms with van der Waals surface area (Å²) in [6, 6.07) is 0. The van der Waals surface area contributed by atoms with Gasteiger partial charge in [0.15, 0.2) is 0 Å². The summed E-state index contributed by atoms with van der Waals surface area (Å²) in [6.07, 6.45) is 5.07. The molecule has 0 amide bonds. The molecule has 0 unspecified atom stereocenters. The zero-order valence-corrected chi connectivity index (χ0v) is 10.6. The Morgan fingerprint density at radius 2 is 1.43 bits per heavy atom. The first-order valence-corrected chi connectivity index (χ1v) is 5.76. The maximum atomic E-state index is 8.88. The predicted octanol–water partition coefficient (Wildman–Crippen LogP) is 2.31. The van der Waals surface area contributed by atoms with Gasteiger partial charge in [0.25, 0.3) is 0 Å². The molecular weight excluding hydrogens is 250 g/mol. The van der Waals surface area contributed by atoms with Crippen LogP contribution >= 0.6 is 7.82 Å². The molecule has 3 N–H and O–H groups in total. The van der Waals surface area contributed by atoms with Crippen LogP contribution in [-0.4, -0.2) is 14.7 Å². The monoisotopic (exact) mass is 270 g/mol. The third kappa shape index (κ3) is 131. The van der Waals surface area contributed by atoms with E-state index in [1.807, 2.05) is 0 Å². The number of rotatable bonds is 3. The van der Waals surface area contributed by atoms with Crippen LogP contribution in [0.15, 0.2) is 0 Å². The van der Waals surface area contributed by atoms with Gasteiger partial charge >= 0.3 is 24.3 Å². The Hall–Kier alpha value is 0.604. The van der Waals surface area contributed by atoms with E-state index in [1.54, 1.807) is 6.92 Å². The molecule has 0 rings (SSSR count). The molecule has 0 atom stereocenters. The second-order valence-electron chi connectivity index (χ2n) is 2.07. The molecule has 0 aliphatic heterocycles. The zero-order valence-electron chi connectivity index (χ0n) is 8.76. The number of hydrogen-bond acceptors (Lipinski definition) is 1. The summed E-state index contributed by atoms with van der Waals surface area (Å²) in [5, 5.41) is 0. The van der Waals surface area contributed by atoms with Crippen LogP contribution in [0.1, 0.15) is 39.5 Å². The van der Waals surface area contributed by atoms with Gasteiger partial charge in [-0.05, 0) is 0 Å². The summed E-state index contributed by atoms with van der Waals surface area (Å²) in [7, 11) is -4.64.